The highest BCUT2D eigenvalue weighted by molar-refractivity contribution is 7.25. The molecule has 0 radical (unpaired) electrons. The van der Waals surface area contributed by atoms with Crippen molar-refractivity contribution in [2.24, 2.45) is 0 Å². The molecule has 0 fully saturated rings. The maximum absolute atomic E-state index is 2.39. The average molecular weight is 680 g/mol. The highest BCUT2D eigenvalue weighted by atomic mass is 32.1. The van der Waals surface area contributed by atoms with Crippen molar-refractivity contribution in [3.05, 3.63) is 200 Å². The zero-order valence-corrected chi connectivity index (χ0v) is 29.2. The van der Waals surface area contributed by atoms with Crippen molar-refractivity contribution >= 4 is 70.1 Å². The molecule has 0 aliphatic rings. The van der Waals surface area contributed by atoms with Crippen molar-refractivity contribution in [1.82, 2.24) is 0 Å². The highest BCUT2D eigenvalue weighted by Gasteiger charge is 2.16. The smallest absolute Gasteiger partial charge is 0.0467 e. The van der Waals surface area contributed by atoms with E-state index in [1.165, 1.54) is 75.1 Å². The molecule has 0 aliphatic carbocycles. The molecule has 1 aromatic heterocycles. The molecule has 0 unspecified atom stereocenters. The number of hydrogen-bond donors (Lipinski definition) is 0. The van der Waals surface area contributed by atoms with Crippen LogP contribution in [-0.4, -0.2) is 0 Å². The lowest BCUT2D eigenvalue weighted by Gasteiger charge is -2.27. The van der Waals surface area contributed by atoms with Gasteiger partial charge in [-0.05, 0) is 110 Å². The number of rotatable bonds is 6. The van der Waals surface area contributed by atoms with Crippen molar-refractivity contribution in [3.8, 4) is 33.4 Å². The molecule has 0 amide bonds. The number of hydrogen-bond acceptors (Lipinski definition) is 2. The number of anilines is 3. The van der Waals surface area contributed by atoms with Gasteiger partial charge in [0.1, 0.15) is 0 Å². The summed E-state index contributed by atoms with van der Waals surface area (Å²) < 4.78 is 2.65. The lowest BCUT2D eigenvalue weighted by molar-refractivity contribution is 1.28. The van der Waals surface area contributed by atoms with Crippen molar-refractivity contribution < 1.29 is 0 Å². The Morgan fingerprint density at radius 2 is 0.865 bits per heavy atom. The normalized spacial score (nSPS) is 11.5. The summed E-state index contributed by atoms with van der Waals surface area (Å²) in [5, 5.41) is 7.65. The zero-order chi connectivity index (χ0) is 34.4. The Kier molecular flexibility index (Phi) is 7.41. The summed E-state index contributed by atoms with van der Waals surface area (Å²) >= 11 is 1.86. The van der Waals surface area contributed by atoms with Crippen molar-refractivity contribution in [2.75, 3.05) is 4.90 Å². The zero-order valence-electron chi connectivity index (χ0n) is 28.4. The predicted octanol–water partition coefficient (Wildman–Crippen LogP) is 14.8. The topological polar surface area (TPSA) is 3.24 Å². The van der Waals surface area contributed by atoms with E-state index < -0.39 is 0 Å². The van der Waals surface area contributed by atoms with E-state index in [1.54, 1.807) is 0 Å². The molecular formula is C50H33NS. The Morgan fingerprint density at radius 1 is 0.288 bits per heavy atom. The molecule has 2 heteroatoms. The van der Waals surface area contributed by atoms with E-state index in [4.69, 9.17) is 0 Å². The van der Waals surface area contributed by atoms with Gasteiger partial charge in [-0.15, -0.1) is 11.3 Å². The molecule has 10 rings (SSSR count). The molecule has 52 heavy (non-hydrogen) atoms. The van der Waals surface area contributed by atoms with Crippen LogP contribution in [0.4, 0.5) is 17.1 Å². The summed E-state index contributed by atoms with van der Waals surface area (Å²) in [5.41, 5.74) is 10.6. The molecule has 9 aromatic carbocycles. The van der Waals surface area contributed by atoms with E-state index in [0.717, 1.165) is 17.1 Å². The van der Waals surface area contributed by atoms with Crippen molar-refractivity contribution in [2.45, 2.75) is 0 Å². The SMILES string of the molecule is c1cc(-c2ccc3ccccc3c2)cc(N(c2ccc(-c3ccc4c(c3)sc3ccccc34)cc2)c2cccc(-c3cccc4ccccc34)c2)c1. The molecule has 10 aromatic rings. The quantitative estimate of drug-likeness (QED) is 0.169. The van der Waals surface area contributed by atoms with Crippen LogP contribution < -0.4 is 4.90 Å². The number of benzene rings is 9. The van der Waals surface area contributed by atoms with Crippen LogP contribution in [0.25, 0.3) is 75.1 Å². The van der Waals surface area contributed by atoms with Crippen molar-refractivity contribution in [1.29, 1.82) is 0 Å². The minimum absolute atomic E-state index is 1.11. The molecule has 0 saturated carbocycles. The first-order valence-electron chi connectivity index (χ1n) is 17.7. The summed E-state index contributed by atoms with van der Waals surface area (Å²) in [5.74, 6) is 0. The van der Waals surface area contributed by atoms with Gasteiger partial charge in [0, 0.05) is 37.2 Å². The second-order valence-electron chi connectivity index (χ2n) is 13.4. The molecule has 244 valence electrons. The Balaban J connectivity index is 1.09. The third-order valence-corrected chi connectivity index (χ3v) is 11.4. The van der Waals surface area contributed by atoms with Gasteiger partial charge in [-0.1, -0.05) is 146 Å². The summed E-state index contributed by atoms with van der Waals surface area (Å²) in [7, 11) is 0. The first kappa shape index (κ1) is 30.4. The number of fused-ring (bicyclic) bond motifs is 5. The highest BCUT2D eigenvalue weighted by Crippen LogP contribution is 2.41. The third kappa shape index (κ3) is 5.42. The first-order valence-corrected chi connectivity index (χ1v) is 18.6. The van der Waals surface area contributed by atoms with Gasteiger partial charge >= 0.3 is 0 Å². The molecule has 1 nitrogen and oxygen atoms in total. The van der Waals surface area contributed by atoms with Gasteiger partial charge in [-0.2, -0.15) is 0 Å². The van der Waals surface area contributed by atoms with E-state index in [9.17, 15) is 0 Å². The number of nitrogens with zero attached hydrogens (tertiary/aromatic N) is 1. The lowest BCUT2D eigenvalue weighted by atomic mass is 9.97. The largest absolute Gasteiger partial charge is 0.310 e. The van der Waals surface area contributed by atoms with Gasteiger partial charge in [-0.3, -0.25) is 0 Å². The monoisotopic (exact) mass is 679 g/mol. The summed E-state index contributed by atoms with van der Waals surface area (Å²) in [4.78, 5) is 2.39. The fourth-order valence-electron chi connectivity index (χ4n) is 7.64. The fraction of sp³-hybridized carbons (Fsp3) is 0. The van der Waals surface area contributed by atoms with Crippen LogP contribution in [0.1, 0.15) is 0 Å². The summed E-state index contributed by atoms with van der Waals surface area (Å²) in [6.45, 7) is 0. The molecular weight excluding hydrogens is 647 g/mol. The summed E-state index contributed by atoms with van der Waals surface area (Å²) in [6.07, 6.45) is 0. The van der Waals surface area contributed by atoms with E-state index in [-0.39, 0.29) is 0 Å². The standard InChI is InChI=1S/C50H33NS/c1-2-12-37-30-39(23-22-34(37)10-1)38-14-7-16-43(31-38)51(44-17-8-15-41(32-44)46-20-9-13-36-11-3-4-18-45(36)46)42-27-24-35(25-28-42)40-26-29-48-47-19-5-6-21-49(47)52-50(48)33-40/h1-33H. The molecule has 0 N–H and O–H groups in total. The maximum atomic E-state index is 2.39. The first-order chi connectivity index (χ1) is 25.7. The van der Waals surface area contributed by atoms with Crippen LogP contribution in [0.3, 0.4) is 0 Å². The molecule has 0 atom stereocenters. The fourth-order valence-corrected chi connectivity index (χ4v) is 8.78. The van der Waals surface area contributed by atoms with E-state index in [2.05, 4.69) is 205 Å². The van der Waals surface area contributed by atoms with Gasteiger partial charge in [0.25, 0.3) is 0 Å². The van der Waals surface area contributed by atoms with Gasteiger partial charge in [-0.25, -0.2) is 0 Å². The van der Waals surface area contributed by atoms with Crippen molar-refractivity contribution in [3.63, 3.8) is 0 Å². The molecule has 0 aliphatic heterocycles. The Labute approximate surface area is 307 Å². The predicted molar refractivity (Wildman–Crippen MR) is 225 cm³/mol. The minimum Gasteiger partial charge on any atom is -0.310 e. The van der Waals surface area contributed by atoms with Gasteiger partial charge in [0.15, 0.2) is 0 Å². The molecule has 0 spiro atoms. The lowest BCUT2D eigenvalue weighted by Crippen LogP contribution is -2.10. The molecule has 0 saturated heterocycles. The Bertz CT molecular complexity index is 2910. The van der Waals surface area contributed by atoms with Crippen LogP contribution in [0.5, 0.6) is 0 Å². The maximum Gasteiger partial charge on any atom is 0.0467 e. The van der Waals surface area contributed by atoms with Gasteiger partial charge in [0.05, 0.1) is 0 Å². The van der Waals surface area contributed by atoms with Crippen LogP contribution in [-0.2, 0) is 0 Å². The van der Waals surface area contributed by atoms with Gasteiger partial charge < -0.3 is 4.90 Å². The second-order valence-corrected chi connectivity index (χ2v) is 14.5. The van der Waals surface area contributed by atoms with Gasteiger partial charge in [0.2, 0.25) is 0 Å². The Hall–Kier alpha value is -6.48. The van der Waals surface area contributed by atoms with Crippen LogP contribution >= 0.6 is 11.3 Å². The second kappa shape index (κ2) is 12.7. The molecule has 0 bridgehead atoms. The van der Waals surface area contributed by atoms with Crippen LogP contribution in [0.15, 0.2) is 200 Å². The average Bonchev–Trinajstić information content (AvgIpc) is 3.59. The molecule has 1 heterocycles. The van der Waals surface area contributed by atoms with E-state index >= 15 is 0 Å². The number of thiophene rings is 1. The third-order valence-electron chi connectivity index (χ3n) is 10.2. The Morgan fingerprint density at radius 3 is 1.71 bits per heavy atom. The van der Waals surface area contributed by atoms with Crippen LogP contribution in [0.2, 0.25) is 0 Å². The summed E-state index contributed by atoms with van der Waals surface area (Å²) in [6, 6.07) is 73.0. The van der Waals surface area contributed by atoms with Crippen LogP contribution in [0, 0.1) is 0 Å². The van der Waals surface area contributed by atoms with E-state index in [1.807, 2.05) is 11.3 Å². The van der Waals surface area contributed by atoms with E-state index in [0.29, 0.717) is 0 Å². The minimum atomic E-state index is 1.11.